The summed E-state index contributed by atoms with van der Waals surface area (Å²) in [6.45, 7) is 2.03. The van der Waals surface area contributed by atoms with Crippen molar-refractivity contribution in [1.82, 2.24) is 10.6 Å². The normalized spacial score (nSPS) is 11.3. The molecule has 0 aliphatic carbocycles. The number of benzene rings is 1. The SMILES string of the molecule is COC(=O)c1ccc(CN=C(NCCc2ccco2)NCCc2cccs2)cc1. The second-order valence-corrected chi connectivity index (χ2v) is 7.40. The lowest BCUT2D eigenvalue weighted by molar-refractivity contribution is 0.0600. The highest BCUT2D eigenvalue weighted by atomic mass is 32.1. The van der Waals surface area contributed by atoms with E-state index in [1.54, 1.807) is 29.7 Å². The van der Waals surface area contributed by atoms with Gasteiger partial charge in [0.15, 0.2) is 5.96 Å². The summed E-state index contributed by atoms with van der Waals surface area (Å²) in [5.41, 5.74) is 1.55. The van der Waals surface area contributed by atoms with E-state index < -0.39 is 0 Å². The van der Waals surface area contributed by atoms with Gasteiger partial charge in [0.25, 0.3) is 0 Å². The molecule has 0 unspecified atom stereocenters. The van der Waals surface area contributed by atoms with Gasteiger partial charge in [-0.15, -0.1) is 11.3 Å². The lowest BCUT2D eigenvalue weighted by atomic mass is 10.1. The van der Waals surface area contributed by atoms with E-state index in [4.69, 9.17) is 9.15 Å². The van der Waals surface area contributed by atoms with E-state index in [0.29, 0.717) is 12.1 Å². The van der Waals surface area contributed by atoms with Gasteiger partial charge in [-0.3, -0.25) is 0 Å². The lowest BCUT2D eigenvalue weighted by Crippen LogP contribution is -2.39. The molecule has 1 aromatic carbocycles. The first-order chi connectivity index (χ1) is 14.2. The number of hydrogen-bond donors (Lipinski definition) is 2. The van der Waals surface area contributed by atoms with Gasteiger partial charge in [0.1, 0.15) is 5.76 Å². The van der Waals surface area contributed by atoms with Gasteiger partial charge < -0.3 is 19.8 Å². The Labute approximate surface area is 174 Å². The van der Waals surface area contributed by atoms with Crippen LogP contribution < -0.4 is 10.6 Å². The van der Waals surface area contributed by atoms with Crippen molar-refractivity contribution in [3.05, 3.63) is 81.9 Å². The van der Waals surface area contributed by atoms with Crippen LogP contribution in [0.2, 0.25) is 0 Å². The zero-order valence-corrected chi connectivity index (χ0v) is 17.2. The second kappa shape index (κ2) is 11.1. The smallest absolute Gasteiger partial charge is 0.337 e. The predicted molar refractivity (Wildman–Crippen MR) is 115 cm³/mol. The van der Waals surface area contributed by atoms with Crippen molar-refractivity contribution >= 4 is 23.3 Å². The number of esters is 1. The van der Waals surface area contributed by atoms with Crippen LogP contribution in [0.1, 0.15) is 26.6 Å². The van der Waals surface area contributed by atoms with Gasteiger partial charge in [-0.25, -0.2) is 9.79 Å². The average molecular weight is 412 g/mol. The summed E-state index contributed by atoms with van der Waals surface area (Å²) in [5, 5.41) is 8.83. The van der Waals surface area contributed by atoms with E-state index in [2.05, 4.69) is 33.1 Å². The molecule has 2 aromatic heterocycles. The molecule has 0 amide bonds. The molecule has 6 nitrogen and oxygen atoms in total. The Morgan fingerprint density at radius 1 is 1.07 bits per heavy atom. The maximum absolute atomic E-state index is 11.5. The van der Waals surface area contributed by atoms with Crippen molar-refractivity contribution in [2.45, 2.75) is 19.4 Å². The standard InChI is InChI=1S/C22H25N3O3S/c1-27-21(26)18-8-6-17(7-9-18)16-25-22(23-12-10-19-4-2-14-28-19)24-13-11-20-5-3-15-29-20/h2-9,14-15H,10-13,16H2,1H3,(H2,23,24,25). The van der Waals surface area contributed by atoms with Crippen molar-refractivity contribution in [1.29, 1.82) is 0 Å². The van der Waals surface area contributed by atoms with E-state index in [0.717, 1.165) is 43.2 Å². The van der Waals surface area contributed by atoms with Gasteiger partial charge in [0.05, 0.1) is 25.5 Å². The van der Waals surface area contributed by atoms with Crippen molar-refractivity contribution in [2.24, 2.45) is 4.99 Å². The predicted octanol–water partition coefficient (Wildman–Crippen LogP) is 3.65. The molecule has 0 aliphatic heterocycles. The van der Waals surface area contributed by atoms with Crippen molar-refractivity contribution in [3.8, 4) is 0 Å². The van der Waals surface area contributed by atoms with Gasteiger partial charge in [-0.2, -0.15) is 0 Å². The number of nitrogens with zero attached hydrogens (tertiary/aromatic N) is 1. The first kappa shape index (κ1) is 20.7. The van der Waals surface area contributed by atoms with Crippen LogP contribution in [0.3, 0.4) is 0 Å². The molecule has 0 atom stereocenters. The third-order valence-corrected chi connectivity index (χ3v) is 5.22. The van der Waals surface area contributed by atoms with Gasteiger partial charge in [0, 0.05) is 24.4 Å². The first-order valence-corrected chi connectivity index (χ1v) is 10.4. The molecule has 152 valence electrons. The van der Waals surface area contributed by atoms with E-state index in [1.165, 1.54) is 12.0 Å². The van der Waals surface area contributed by atoms with Gasteiger partial charge >= 0.3 is 5.97 Å². The molecule has 0 spiro atoms. The van der Waals surface area contributed by atoms with Crippen LogP contribution in [0, 0.1) is 0 Å². The van der Waals surface area contributed by atoms with Crippen molar-refractivity contribution < 1.29 is 13.9 Å². The molecule has 29 heavy (non-hydrogen) atoms. The summed E-state index contributed by atoms with van der Waals surface area (Å²) in [6, 6.07) is 15.3. The Balaban J connectivity index is 1.56. The van der Waals surface area contributed by atoms with E-state index >= 15 is 0 Å². The van der Waals surface area contributed by atoms with Crippen LogP contribution in [-0.2, 0) is 24.1 Å². The number of carbonyl (C=O) groups excluding carboxylic acids is 1. The molecule has 0 bridgehead atoms. The van der Waals surface area contributed by atoms with Crippen LogP contribution in [0.4, 0.5) is 0 Å². The molecule has 0 radical (unpaired) electrons. The topological polar surface area (TPSA) is 75.9 Å². The minimum Gasteiger partial charge on any atom is -0.469 e. The van der Waals surface area contributed by atoms with Gasteiger partial charge in [-0.1, -0.05) is 18.2 Å². The van der Waals surface area contributed by atoms with E-state index in [-0.39, 0.29) is 5.97 Å². The molecular weight excluding hydrogens is 386 g/mol. The first-order valence-electron chi connectivity index (χ1n) is 9.49. The van der Waals surface area contributed by atoms with Crippen LogP contribution in [-0.4, -0.2) is 32.1 Å². The highest BCUT2D eigenvalue weighted by molar-refractivity contribution is 7.09. The van der Waals surface area contributed by atoms with Gasteiger partial charge in [-0.05, 0) is 47.7 Å². The number of ether oxygens (including phenoxy) is 1. The molecule has 2 N–H and O–H groups in total. The Hall–Kier alpha value is -3.06. The number of carbonyl (C=O) groups is 1. The number of hydrogen-bond acceptors (Lipinski definition) is 5. The molecule has 0 saturated heterocycles. The summed E-state index contributed by atoms with van der Waals surface area (Å²) >= 11 is 1.76. The molecule has 2 heterocycles. The minimum absolute atomic E-state index is 0.337. The average Bonchev–Trinajstić information content (AvgIpc) is 3.46. The second-order valence-electron chi connectivity index (χ2n) is 6.37. The Kier molecular flexibility index (Phi) is 7.89. The maximum atomic E-state index is 11.5. The molecular formula is C22H25N3O3S. The zero-order chi connectivity index (χ0) is 20.3. The van der Waals surface area contributed by atoms with Crippen LogP contribution in [0.15, 0.2) is 69.6 Å². The number of guanidine groups is 1. The minimum atomic E-state index is -0.337. The van der Waals surface area contributed by atoms with Crippen LogP contribution in [0.25, 0.3) is 0 Å². The largest absolute Gasteiger partial charge is 0.469 e. The fraction of sp³-hybridized carbons (Fsp3) is 0.273. The summed E-state index contributed by atoms with van der Waals surface area (Å²) in [6.07, 6.45) is 3.42. The zero-order valence-electron chi connectivity index (χ0n) is 16.4. The molecule has 0 fully saturated rings. The molecule has 7 heteroatoms. The number of furan rings is 1. The fourth-order valence-corrected chi connectivity index (χ4v) is 3.44. The molecule has 3 rings (SSSR count). The summed E-state index contributed by atoms with van der Waals surface area (Å²) in [4.78, 5) is 17.6. The van der Waals surface area contributed by atoms with E-state index in [9.17, 15) is 4.79 Å². The maximum Gasteiger partial charge on any atom is 0.337 e. The summed E-state index contributed by atoms with van der Waals surface area (Å²) in [5.74, 6) is 1.36. The number of rotatable bonds is 9. The number of nitrogens with one attached hydrogen (secondary N) is 2. The molecule has 0 aliphatic rings. The third kappa shape index (κ3) is 6.80. The quantitative estimate of drug-likeness (QED) is 0.319. The number of aliphatic imine (C=N–C) groups is 1. The van der Waals surface area contributed by atoms with Gasteiger partial charge in [0.2, 0.25) is 0 Å². The Morgan fingerprint density at radius 3 is 2.52 bits per heavy atom. The Bertz CT molecular complexity index is 846. The summed E-state index contributed by atoms with van der Waals surface area (Å²) in [7, 11) is 1.38. The van der Waals surface area contributed by atoms with Crippen LogP contribution in [0.5, 0.6) is 0 Å². The van der Waals surface area contributed by atoms with Crippen LogP contribution >= 0.6 is 11.3 Å². The van der Waals surface area contributed by atoms with Crippen molar-refractivity contribution in [2.75, 3.05) is 20.2 Å². The lowest BCUT2D eigenvalue weighted by Gasteiger charge is -2.12. The fourth-order valence-electron chi connectivity index (χ4n) is 2.73. The highest BCUT2D eigenvalue weighted by Crippen LogP contribution is 2.09. The summed E-state index contributed by atoms with van der Waals surface area (Å²) < 4.78 is 10.1. The molecule has 3 aromatic rings. The van der Waals surface area contributed by atoms with Crippen molar-refractivity contribution in [3.63, 3.8) is 0 Å². The number of thiophene rings is 1. The van der Waals surface area contributed by atoms with E-state index in [1.807, 2.05) is 24.3 Å². The monoisotopic (exact) mass is 411 g/mol. The highest BCUT2D eigenvalue weighted by Gasteiger charge is 2.05. The Morgan fingerprint density at radius 2 is 1.86 bits per heavy atom. The number of methoxy groups -OCH3 is 1. The molecule has 0 saturated carbocycles. The third-order valence-electron chi connectivity index (χ3n) is 4.28.